The van der Waals surface area contributed by atoms with Gasteiger partial charge in [-0.3, -0.25) is 9.20 Å². The molecule has 0 saturated heterocycles. The van der Waals surface area contributed by atoms with Crippen molar-refractivity contribution >= 4 is 22.2 Å². The molecule has 0 aliphatic heterocycles. The van der Waals surface area contributed by atoms with Crippen molar-refractivity contribution in [2.45, 2.75) is 39.2 Å². The molecule has 0 aliphatic rings. The summed E-state index contributed by atoms with van der Waals surface area (Å²) < 4.78 is 15.0. The third-order valence-corrected chi connectivity index (χ3v) is 5.00. The van der Waals surface area contributed by atoms with Crippen molar-refractivity contribution in [3.8, 4) is 11.3 Å². The van der Waals surface area contributed by atoms with Gasteiger partial charge in [-0.15, -0.1) is 11.3 Å². The molecule has 1 aromatic carbocycles. The topological polar surface area (TPSA) is 46.4 Å². The lowest BCUT2D eigenvalue weighted by molar-refractivity contribution is -0.121. The molecule has 0 spiro atoms. The number of nitrogens with zero attached hydrogens (tertiary/aromatic N) is 2. The van der Waals surface area contributed by atoms with E-state index in [0.29, 0.717) is 6.42 Å². The summed E-state index contributed by atoms with van der Waals surface area (Å²) >= 11 is 1.50. The fraction of sp³-hybridized carbons (Fsp3) is 0.333. The number of thiazole rings is 1. The van der Waals surface area contributed by atoms with Crippen molar-refractivity contribution in [1.29, 1.82) is 0 Å². The molecule has 2 aromatic heterocycles. The van der Waals surface area contributed by atoms with E-state index in [1.54, 1.807) is 12.1 Å². The predicted octanol–water partition coefficient (Wildman–Crippen LogP) is 4.05. The largest absolute Gasteiger partial charge is 0.353 e. The van der Waals surface area contributed by atoms with Gasteiger partial charge in [-0.1, -0.05) is 13.8 Å². The summed E-state index contributed by atoms with van der Waals surface area (Å²) in [5.74, 6) is -0.237. The number of amides is 1. The molecule has 6 heteroatoms. The van der Waals surface area contributed by atoms with Gasteiger partial charge in [0, 0.05) is 28.9 Å². The van der Waals surface area contributed by atoms with E-state index >= 15 is 0 Å². The number of aromatic nitrogens is 2. The minimum absolute atomic E-state index is 0.0282. The van der Waals surface area contributed by atoms with Crippen LogP contribution in [0.2, 0.25) is 0 Å². The summed E-state index contributed by atoms with van der Waals surface area (Å²) in [5, 5.41) is 5.02. The molecule has 3 aromatic rings. The Bertz CT molecular complexity index is 834. The molecule has 0 atom stereocenters. The van der Waals surface area contributed by atoms with Crippen LogP contribution in [0.5, 0.6) is 0 Å². The molecule has 2 heterocycles. The van der Waals surface area contributed by atoms with Crippen LogP contribution in [-0.4, -0.2) is 21.3 Å². The number of rotatable bonds is 6. The predicted molar refractivity (Wildman–Crippen MR) is 94.7 cm³/mol. The highest BCUT2D eigenvalue weighted by atomic mass is 32.1. The van der Waals surface area contributed by atoms with Gasteiger partial charge in [0.15, 0.2) is 4.96 Å². The highest BCUT2D eigenvalue weighted by Gasteiger charge is 2.14. The van der Waals surface area contributed by atoms with Crippen molar-refractivity contribution in [2.75, 3.05) is 0 Å². The number of halogens is 1. The maximum absolute atomic E-state index is 13.0. The molecule has 0 fully saturated rings. The molecule has 3 rings (SSSR count). The van der Waals surface area contributed by atoms with Crippen molar-refractivity contribution in [1.82, 2.24) is 14.7 Å². The lowest BCUT2D eigenvalue weighted by Crippen LogP contribution is -2.35. The Hall–Kier alpha value is -2.21. The molecular formula is C18H20FN3OS. The van der Waals surface area contributed by atoms with Crippen molar-refractivity contribution in [2.24, 2.45) is 0 Å². The Morgan fingerprint density at radius 1 is 1.29 bits per heavy atom. The van der Waals surface area contributed by atoms with Gasteiger partial charge in [0.1, 0.15) is 5.82 Å². The van der Waals surface area contributed by atoms with E-state index in [2.05, 4.69) is 24.1 Å². The molecule has 0 bridgehead atoms. The van der Waals surface area contributed by atoms with Crippen molar-refractivity contribution < 1.29 is 9.18 Å². The molecule has 1 N–H and O–H groups in total. The Balaban J connectivity index is 1.80. The molecule has 0 unspecified atom stereocenters. The quantitative estimate of drug-likeness (QED) is 0.733. The van der Waals surface area contributed by atoms with Gasteiger partial charge < -0.3 is 5.32 Å². The van der Waals surface area contributed by atoms with E-state index in [4.69, 9.17) is 0 Å². The van der Waals surface area contributed by atoms with E-state index in [0.717, 1.165) is 34.8 Å². The standard InChI is InChI=1S/C18H20FN3OS/c1-3-14(4-2)20-17(23)9-15-11-24-18-21-16(10-22(15)18)12-5-7-13(19)8-6-12/h5-8,10-11,14H,3-4,9H2,1-2H3,(H,20,23). The fourth-order valence-corrected chi connectivity index (χ4v) is 3.53. The molecule has 0 saturated carbocycles. The van der Waals surface area contributed by atoms with Crippen LogP contribution < -0.4 is 5.32 Å². The first-order valence-electron chi connectivity index (χ1n) is 8.11. The maximum Gasteiger partial charge on any atom is 0.226 e. The minimum atomic E-state index is -0.265. The molecule has 24 heavy (non-hydrogen) atoms. The van der Waals surface area contributed by atoms with Crippen LogP contribution >= 0.6 is 11.3 Å². The van der Waals surface area contributed by atoms with Crippen molar-refractivity contribution in [3.05, 3.63) is 47.4 Å². The Morgan fingerprint density at radius 3 is 2.67 bits per heavy atom. The normalized spacial score (nSPS) is 11.3. The van der Waals surface area contributed by atoms with Crippen LogP contribution in [0.15, 0.2) is 35.8 Å². The molecular weight excluding hydrogens is 325 g/mol. The summed E-state index contributed by atoms with van der Waals surface area (Å²) in [6, 6.07) is 6.49. The average molecular weight is 345 g/mol. The zero-order chi connectivity index (χ0) is 17.1. The van der Waals surface area contributed by atoms with Gasteiger partial charge in [-0.2, -0.15) is 0 Å². The van der Waals surface area contributed by atoms with E-state index in [1.165, 1.54) is 23.5 Å². The second-order valence-electron chi connectivity index (χ2n) is 5.77. The third kappa shape index (κ3) is 3.48. The van der Waals surface area contributed by atoms with Gasteiger partial charge in [0.05, 0.1) is 12.1 Å². The van der Waals surface area contributed by atoms with E-state index in [-0.39, 0.29) is 17.8 Å². The molecule has 0 aliphatic carbocycles. The van der Waals surface area contributed by atoms with Crippen LogP contribution in [0, 0.1) is 5.82 Å². The summed E-state index contributed by atoms with van der Waals surface area (Å²) in [6.45, 7) is 4.14. The van der Waals surface area contributed by atoms with Crippen LogP contribution in [0.4, 0.5) is 4.39 Å². The zero-order valence-electron chi connectivity index (χ0n) is 13.8. The summed E-state index contributed by atoms with van der Waals surface area (Å²) in [4.78, 5) is 17.6. The third-order valence-electron chi connectivity index (χ3n) is 4.12. The first-order valence-corrected chi connectivity index (χ1v) is 8.99. The summed E-state index contributed by atoms with van der Waals surface area (Å²) in [7, 11) is 0. The molecule has 0 radical (unpaired) electrons. The van der Waals surface area contributed by atoms with E-state index in [9.17, 15) is 9.18 Å². The van der Waals surface area contributed by atoms with Crippen LogP contribution in [0.1, 0.15) is 32.4 Å². The minimum Gasteiger partial charge on any atom is -0.353 e. The van der Waals surface area contributed by atoms with Crippen LogP contribution in [0.3, 0.4) is 0 Å². The van der Waals surface area contributed by atoms with Gasteiger partial charge in [0.25, 0.3) is 0 Å². The number of hydrogen-bond acceptors (Lipinski definition) is 3. The Kier molecular flexibility index (Phi) is 4.94. The lowest BCUT2D eigenvalue weighted by atomic mass is 10.1. The van der Waals surface area contributed by atoms with Gasteiger partial charge in [-0.05, 0) is 37.1 Å². The monoisotopic (exact) mass is 345 g/mol. The fourth-order valence-electron chi connectivity index (χ4n) is 2.65. The first-order chi connectivity index (χ1) is 11.6. The number of carbonyl (C=O) groups is 1. The SMILES string of the molecule is CCC(CC)NC(=O)Cc1csc2nc(-c3ccc(F)cc3)cn12. The van der Waals surface area contributed by atoms with Crippen molar-refractivity contribution in [3.63, 3.8) is 0 Å². The smallest absolute Gasteiger partial charge is 0.226 e. The maximum atomic E-state index is 13.0. The molecule has 1 amide bonds. The molecule has 126 valence electrons. The average Bonchev–Trinajstić information content (AvgIpc) is 3.15. The zero-order valence-corrected chi connectivity index (χ0v) is 14.6. The number of hydrogen-bond donors (Lipinski definition) is 1. The summed E-state index contributed by atoms with van der Waals surface area (Å²) in [6.07, 6.45) is 4.09. The second kappa shape index (κ2) is 7.13. The Morgan fingerprint density at radius 2 is 2.00 bits per heavy atom. The van der Waals surface area contributed by atoms with E-state index < -0.39 is 0 Å². The number of benzene rings is 1. The first kappa shape index (κ1) is 16.6. The van der Waals surface area contributed by atoms with Gasteiger partial charge in [-0.25, -0.2) is 9.37 Å². The highest BCUT2D eigenvalue weighted by Crippen LogP contribution is 2.24. The van der Waals surface area contributed by atoms with Crippen LogP contribution in [0.25, 0.3) is 16.2 Å². The lowest BCUT2D eigenvalue weighted by Gasteiger charge is -2.14. The van der Waals surface area contributed by atoms with Gasteiger partial charge >= 0.3 is 0 Å². The number of nitrogens with one attached hydrogen (secondary N) is 1. The highest BCUT2D eigenvalue weighted by molar-refractivity contribution is 7.15. The van der Waals surface area contributed by atoms with E-state index in [1.807, 2.05) is 16.0 Å². The van der Waals surface area contributed by atoms with Crippen LogP contribution in [-0.2, 0) is 11.2 Å². The number of carbonyl (C=O) groups excluding carboxylic acids is 1. The number of fused-ring (bicyclic) bond motifs is 1. The summed E-state index contributed by atoms with van der Waals surface area (Å²) in [5.41, 5.74) is 2.56. The van der Waals surface area contributed by atoms with Gasteiger partial charge in [0.2, 0.25) is 5.91 Å². The number of imidazole rings is 1. The second-order valence-corrected chi connectivity index (χ2v) is 6.61. The Labute approximate surface area is 144 Å². The molecule has 4 nitrogen and oxygen atoms in total.